The van der Waals surface area contributed by atoms with Crippen molar-refractivity contribution in [1.82, 2.24) is 14.5 Å². The Bertz CT molecular complexity index is 510. The largest absolute Gasteiger partial charge is 0.477 e. The molecular formula is C9H6ClN3O2. The van der Waals surface area contributed by atoms with Crippen molar-refractivity contribution in [3.05, 3.63) is 41.7 Å². The van der Waals surface area contributed by atoms with Gasteiger partial charge in [-0.05, 0) is 6.07 Å². The zero-order valence-corrected chi connectivity index (χ0v) is 8.22. The number of carbonyl (C=O) groups is 1. The molecule has 2 aromatic heterocycles. The monoisotopic (exact) mass is 223 g/mol. The van der Waals surface area contributed by atoms with E-state index >= 15 is 0 Å². The van der Waals surface area contributed by atoms with Crippen LogP contribution in [-0.4, -0.2) is 25.6 Å². The van der Waals surface area contributed by atoms with Gasteiger partial charge in [-0.25, -0.2) is 9.78 Å². The Morgan fingerprint density at radius 1 is 1.33 bits per heavy atom. The summed E-state index contributed by atoms with van der Waals surface area (Å²) < 4.78 is 1.40. The quantitative estimate of drug-likeness (QED) is 0.840. The summed E-state index contributed by atoms with van der Waals surface area (Å²) >= 11 is 5.75. The first-order valence-electron chi connectivity index (χ1n) is 4.05. The van der Waals surface area contributed by atoms with Crippen molar-refractivity contribution in [1.29, 1.82) is 0 Å². The number of aromatic nitrogens is 3. The molecule has 0 radical (unpaired) electrons. The van der Waals surface area contributed by atoms with E-state index in [1.165, 1.54) is 29.5 Å². The molecule has 0 unspecified atom stereocenters. The minimum atomic E-state index is -1.05. The van der Waals surface area contributed by atoms with E-state index in [-0.39, 0.29) is 5.69 Å². The first-order chi connectivity index (χ1) is 7.18. The molecule has 0 saturated carbocycles. The molecule has 0 aromatic carbocycles. The first-order valence-corrected chi connectivity index (χ1v) is 4.43. The summed E-state index contributed by atoms with van der Waals surface area (Å²) in [6, 6.07) is 1.61. The van der Waals surface area contributed by atoms with Crippen LogP contribution >= 0.6 is 11.6 Å². The maximum Gasteiger partial charge on any atom is 0.354 e. The Morgan fingerprint density at radius 3 is 2.80 bits per heavy atom. The fraction of sp³-hybridized carbons (Fsp3) is 0. The van der Waals surface area contributed by atoms with Gasteiger partial charge in [0.2, 0.25) is 0 Å². The number of carboxylic acids is 1. The lowest BCUT2D eigenvalue weighted by molar-refractivity contribution is 0.0688. The van der Waals surface area contributed by atoms with Gasteiger partial charge in [-0.2, -0.15) is 0 Å². The molecule has 2 aromatic rings. The average molecular weight is 224 g/mol. The van der Waals surface area contributed by atoms with Gasteiger partial charge < -0.3 is 5.11 Å². The number of aromatic carboxylic acids is 1. The molecule has 5 nitrogen and oxygen atoms in total. The third-order valence-electron chi connectivity index (χ3n) is 1.83. The van der Waals surface area contributed by atoms with E-state index in [0.717, 1.165) is 0 Å². The highest BCUT2D eigenvalue weighted by atomic mass is 35.5. The number of nitrogens with zero attached hydrogens (tertiary/aromatic N) is 3. The molecule has 0 aliphatic carbocycles. The summed E-state index contributed by atoms with van der Waals surface area (Å²) in [6.07, 6.45) is 5.66. The molecule has 76 valence electrons. The van der Waals surface area contributed by atoms with Crippen LogP contribution in [0.2, 0.25) is 5.02 Å². The van der Waals surface area contributed by atoms with Gasteiger partial charge in [0.1, 0.15) is 0 Å². The second-order valence-corrected chi connectivity index (χ2v) is 3.25. The number of hydrogen-bond donors (Lipinski definition) is 1. The third-order valence-corrected chi connectivity index (χ3v) is 2.03. The van der Waals surface area contributed by atoms with Crippen molar-refractivity contribution in [3.8, 4) is 5.69 Å². The Kier molecular flexibility index (Phi) is 2.39. The van der Waals surface area contributed by atoms with E-state index in [1.807, 2.05) is 0 Å². The standard InChI is InChI=1S/C9H6ClN3O2/c10-6-1-7(3-11-2-6)13-5-12-4-8(13)9(14)15/h1-5H,(H,14,15). The van der Waals surface area contributed by atoms with Crippen molar-refractivity contribution < 1.29 is 9.90 Å². The summed E-state index contributed by atoms with van der Waals surface area (Å²) in [5.41, 5.74) is 0.636. The summed E-state index contributed by atoms with van der Waals surface area (Å²) in [5, 5.41) is 9.31. The Hall–Kier alpha value is -1.88. The van der Waals surface area contributed by atoms with Crippen LogP contribution in [0, 0.1) is 0 Å². The van der Waals surface area contributed by atoms with Crippen LogP contribution in [0.15, 0.2) is 31.0 Å². The zero-order chi connectivity index (χ0) is 10.8. The lowest BCUT2D eigenvalue weighted by Gasteiger charge is -2.04. The predicted octanol–water partition coefficient (Wildman–Crippen LogP) is 1.62. The van der Waals surface area contributed by atoms with E-state index in [1.54, 1.807) is 6.07 Å². The first kappa shape index (κ1) is 9.67. The van der Waals surface area contributed by atoms with Gasteiger partial charge in [0.25, 0.3) is 0 Å². The summed E-state index contributed by atoms with van der Waals surface area (Å²) in [4.78, 5) is 18.5. The molecule has 0 spiro atoms. The van der Waals surface area contributed by atoms with Gasteiger partial charge in [-0.15, -0.1) is 0 Å². The number of hydrogen-bond acceptors (Lipinski definition) is 3. The number of carboxylic acid groups (broad SMARTS) is 1. The van der Waals surface area contributed by atoms with Crippen molar-refractivity contribution >= 4 is 17.6 Å². The number of pyridine rings is 1. The van der Waals surface area contributed by atoms with Gasteiger partial charge in [0.05, 0.1) is 29.4 Å². The highest BCUT2D eigenvalue weighted by molar-refractivity contribution is 6.30. The van der Waals surface area contributed by atoms with Gasteiger partial charge in [0, 0.05) is 6.20 Å². The predicted molar refractivity (Wildman–Crippen MR) is 53.3 cm³/mol. The Labute approximate surface area is 90.0 Å². The summed E-state index contributed by atoms with van der Waals surface area (Å²) in [6.45, 7) is 0. The highest BCUT2D eigenvalue weighted by Crippen LogP contribution is 2.14. The maximum atomic E-state index is 10.8. The molecule has 6 heteroatoms. The molecule has 2 heterocycles. The topological polar surface area (TPSA) is 68.0 Å². The SMILES string of the molecule is O=C(O)c1cncn1-c1cncc(Cl)c1. The van der Waals surface area contributed by atoms with E-state index in [2.05, 4.69) is 9.97 Å². The van der Waals surface area contributed by atoms with Gasteiger partial charge in [-0.1, -0.05) is 11.6 Å². The number of rotatable bonds is 2. The lowest BCUT2D eigenvalue weighted by atomic mass is 10.4. The second kappa shape index (κ2) is 3.70. The molecule has 0 atom stereocenters. The van der Waals surface area contributed by atoms with Crippen LogP contribution in [0.25, 0.3) is 5.69 Å². The molecule has 0 aliphatic heterocycles. The molecular weight excluding hydrogens is 218 g/mol. The fourth-order valence-corrected chi connectivity index (χ4v) is 1.36. The van der Waals surface area contributed by atoms with E-state index in [9.17, 15) is 4.79 Å². The van der Waals surface area contributed by atoms with Crippen molar-refractivity contribution in [2.24, 2.45) is 0 Å². The molecule has 0 amide bonds. The zero-order valence-electron chi connectivity index (χ0n) is 7.46. The minimum Gasteiger partial charge on any atom is -0.477 e. The van der Waals surface area contributed by atoms with Crippen molar-refractivity contribution in [2.45, 2.75) is 0 Å². The summed E-state index contributed by atoms with van der Waals surface area (Å²) in [7, 11) is 0. The highest BCUT2D eigenvalue weighted by Gasteiger charge is 2.11. The Morgan fingerprint density at radius 2 is 2.13 bits per heavy atom. The average Bonchev–Trinajstić information content (AvgIpc) is 2.65. The van der Waals surface area contributed by atoms with E-state index in [4.69, 9.17) is 16.7 Å². The smallest absolute Gasteiger partial charge is 0.354 e. The molecule has 15 heavy (non-hydrogen) atoms. The Balaban J connectivity index is 2.54. The van der Waals surface area contributed by atoms with Crippen LogP contribution in [0.3, 0.4) is 0 Å². The van der Waals surface area contributed by atoms with Crippen LogP contribution in [-0.2, 0) is 0 Å². The molecule has 0 fully saturated rings. The van der Waals surface area contributed by atoms with Crippen LogP contribution in [0.1, 0.15) is 10.5 Å². The fourth-order valence-electron chi connectivity index (χ4n) is 1.19. The number of imidazole rings is 1. The van der Waals surface area contributed by atoms with Crippen LogP contribution < -0.4 is 0 Å². The maximum absolute atomic E-state index is 10.8. The van der Waals surface area contributed by atoms with Gasteiger partial charge >= 0.3 is 5.97 Å². The molecule has 2 rings (SSSR count). The van der Waals surface area contributed by atoms with Gasteiger partial charge in [-0.3, -0.25) is 9.55 Å². The third kappa shape index (κ3) is 1.82. The van der Waals surface area contributed by atoms with Crippen molar-refractivity contribution in [3.63, 3.8) is 0 Å². The van der Waals surface area contributed by atoms with Crippen molar-refractivity contribution in [2.75, 3.05) is 0 Å². The molecule has 0 aliphatic rings. The summed E-state index contributed by atoms with van der Waals surface area (Å²) in [5.74, 6) is -1.05. The number of halogens is 1. The second-order valence-electron chi connectivity index (χ2n) is 2.82. The normalized spacial score (nSPS) is 10.2. The molecule has 0 saturated heterocycles. The molecule has 1 N–H and O–H groups in total. The van der Waals surface area contributed by atoms with E-state index < -0.39 is 5.97 Å². The lowest BCUT2D eigenvalue weighted by Crippen LogP contribution is -2.05. The minimum absolute atomic E-state index is 0.0686. The van der Waals surface area contributed by atoms with Crippen LogP contribution in [0.4, 0.5) is 0 Å². The molecule has 0 bridgehead atoms. The van der Waals surface area contributed by atoms with Crippen LogP contribution in [0.5, 0.6) is 0 Å². The van der Waals surface area contributed by atoms with E-state index in [0.29, 0.717) is 10.7 Å². The van der Waals surface area contributed by atoms with Gasteiger partial charge in [0.15, 0.2) is 5.69 Å².